The van der Waals surface area contributed by atoms with Crippen LogP contribution < -0.4 is 0 Å². The molecule has 1 aromatic carbocycles. The lowest BCUT2D eigenvalue weighted by atomic mass is 9.84. The van der Waals surface area contributed by atoms with Crippen LogP contribution in [0.25, 0.3) is 0 Å². The van der Waals surface area contributed by atoms with Gasteiger partial charge in [0.2, 0.25) is 0 Å². The highest BCUT2D eigenvalue weighted by Crippen LogP contribution is 2.75. The van der Waals surface area contributed by atoms with Gasteiger partial charge in [0.05, 0.1) is 13.0 Å². The average Bonchev–Trinajstić information content (AvgIpc) is 3.23. The zero-order chi connectivity index (χ0) is 14.1. The number of benzene rings is 1. The van der Waals surface area contributed by atoms with Crippen molar-refractivity contribution >= 4 is 63.0 Å². The molecule has 21 heavy (non-hydrogen) atoms. The van der Waals surface area contributed by atoms with Crippen molar-refractivity contribution in [3.05, 3.63) is 35.4 Å². The SMILES string of the molecule is BrC1C2(SCCS2)[C@H]2C[C@@H](c3ccccc32)C12SCCS2. The van der Waals surface area contributed by atoms with Gasteiger partial charge in [-0.15, -0.1) is 47.0 Å². The molecular formula is C16H17BrS4. The molecule has 0 unspecified atom stereocenters. The lowest BCUT2D eigenvalue weighted by Crippen LogP contribution is -2.52. The van der Waals surface area contributed by atoms with Crippen LogP contribution in [0.1, 0.15) is 29.4 Å². The Bertz CT molecular complexity index is 528. The van der Waals surface area contributed by atoms with Gasteiger partial charge in [0, 0.05) is 34.8 Å². The van der Waals surface area contributed by atoms with Gasteiger partial charge in [0.15, 0.2) is 0 Å². The molecule has 1 saturated carbocycles. The number of fused-ring (bicyclic) bond motifs is 7. The first-order valence-corrected chi connectivity index (χ1v) is 12.4. The van der Waals surface area contributed by atoms with Crippen LogP contribution in [0, 0.1) is 0 Å². The van der Waals surface area contributed by atoms with Gasteiger partial charge in [-0.1, -0.05) is 40.2 Å². The van der Waals surface area contributed by atoms with Gasteiger partial charge < -0.3 is 0 Å². The third-order valence-corrected chi connectivity index (χ3v) is 15.5. The summed E-state index contributed by atoms with van der Waals surface area (Å²) in [7, 11) is 0. The number of halogens is 1. The van der Waals surface area contributed by atoms with E-state index in [0.29, 0.717) is 13.0 Å². The molecule has 0 amide bonds. The van der Waals surface area contributed by atoms with E-state index in [1.54, 1.807) is 11.1 Å². The van der Waals surface area contributed by atoms with E-state index in [0.717, 1.165) is 11.8 Å². The fraction of sp³-hybridized carbons (Fsp3) is 0.625. The van der Waals surface area contributed by atoms with Crippen molar-refractivity contribution in [1.82, 2.24) is 0 Å². The maximum Gasteiger partial charge on any atom is 0.0826 e. The fourth-order valence-corrected chi connectivity index (χ4v) is 14.4. The van der Waals surface area contributed by atoms with Crippen LogP contribution in [-0.4, -0.2) is 36.0 Å². The zero-order valence-corrected chi connectivity index (χ0v) is 16.4. The summed E-state index contributed by atoms with van der Waals surface area (Å²) in [5.41, 5.74) is 3.33. The maximum absolute atomic E-state index is 4.25. The Morgan fingerprint density at radius 3 is 1.67 bits per heavy atom. The molecule has 5 heteroatoms. The van der Waals surface area contributed by atoms with Gasteiger partial charge in [0.1, 0.15) is 0 Å². The van der Waals surface area contributed by atoms with Crippen molar-refractivity contribution in [2.45, 2.75) is 31.2 Å². The van der Waals surface area contributed by atoms with Crippen molar-refractivity contribution in [3.8, 4) is 0 Å². The highest BCUT2D eigenvalue weighted by atomic mass is 79.9. The Morgan fingerprint density at radius 1 is 0.810 bits per heavy atom. The van der Waals surface area contributed by atoms with Crippen LogP contribution >= 0.6 is 63.0 Å². The van der Waals surface area contributed by atoms with Crippen LogP contribution in [0.15, 0.2) is 24.3 Å². The second-order valence-electron chi connectivity index (χ2n) is 6.17. The summed E-state index contributed by atoms with van der Waals surface area (Å²) in [6.45, 7) is 0. The molecule has 2 heterocycles. The Morgan fingerprint density at radius 2 is 1.24 bits per heavy atom. The normalized spacial score (nSPS) is 38.2. The molecule has 3 fully saturated rings. The molecule has 2 spiro atoms. The van der Waals surface area contributed by atoms with Gasteiger partial charge >= 0.3 is 0 Å². The minimum atomic E-state index is 0.368. The molecule has 2 atom stereocenters. The summed E-state index contributed by atoms with van der Waals surface area (Å²) in [6, 6.07) is 9.35. The Hall–Kier alpha value is 1.10. The molecular weight excluding hydrogens is 400 g/mol. The van der Waals surface area contributed by atoms with Crippen molar-refractivity contribution in [3.63, 3.8) is 0 Å². The summed E-state index contributed by atoms with van der Waals surface area (Å²) in [5, 5.41) is 0. The van der Waals surface area contributed by atoms with E-state index < -0.39 is 0 Å². The maximum atomic E-state index is 4.25. The highest BCUT2D eigenvalue weighted by Gasteiger charge is 2.67. The number of thioether (sulfide) groups is 4. The molecule has 5 rings (SSSR count). The Labute approximate surface area is 151 Å². The highest BCUT2D eigenvalue weighted by molar-refractivity contribution is 9.10. The van der Waals surface area contributed by atoms with Gasteiger partial charge in [-0.2, -0.15) is 0 Å². The van der Waals surface area contributed by atoms with E-state index in [1.165, 1.54) is 29.4 Å². The van der Waals surface area contributed by atoms with Gasteiger partial charge in [0.25, 0.3) is 0 Å². The van der Waals surface area contributed by atoms with Crippen LogP contribution in [0.3, 0.4) is 0 Å². The first-order chi connectivity index (χ1) is 10.3. The quantitative estimate of drug-likeness (QED) is 0.519. The van der Waals surface area contributed by atoms with Crippen molar-refractivity contribution in [1.29, 1.82) is 0 Å². The molecule has 2 aliphatic heterocycles. The summed E-state index contributed by atoms with van der Waals surface area (Å²) in [5.74, 6) is 6.77. The lowest BCUT2D eigenvalue weighted by molar-refractivity contribution is 0.431. The van der Waals surface area contributed by atoms with Crippen LogP contribution in [0.4, 0.5) is 0 Å². The van der Waals surface area contributed by atoms with E-state index in [-0.39, 0.29) is 0 Å². The average molecular weight is 417 g/mol. The predicted octanol–water partition coefficient (Wildman–Crippen LogP) is 5.39. The van der Waals surface area contributed by atoms with Crippen LogP contribution in [0.2, 0.25) is 0 Å². The summed E-state index contributed by atoms with van der Waals surface area (Å²) < 4.78 is 0.737. The third kappa shape index (κ3) is 1.76. The molecule has 4 aliphatic rings. The fourth-order valence-electron chi connectivity index (χ4n) is 4.61. The number of hydrogen-bond acceptors (Lipinski definition) is 4. The van der Waals surface area contributed by atoms with Crippen molar-refractivity contribution in [2.75, 3.05) is 23.0 Å². The largest absolute Gasteiger partial charge is 0.141 e. The van der Waals surface area contributed by atoms with Gasteiger partial charge in [-0.3, -0.25) is 0 Å². The van der Waals surface area contributed by atoms with Crippen molar-refractivity contribution in [2.24, 2.45) is 0 Å². The van der Waals surface area contributed by atoms with Gasteiger partial charge in [-0.25, -0.2) is 0 Å². The van der Waals surface area contributed by atoms with E-state index in [2.05, 4.69) is 87.2 Å². The van der Waals surface area contributed by atoms with Crippen LogP contribution in [-0.2, 0) is 0 Å². The predicted molar refractivity (Wildman–Crippen MR) is 105 cm³/mol. The zero-order valence-electron chi connectivity index (χ0n) is 11.6. The van der Waals surface area contributed by atoms with E-state index in [1.807, 2.05) is 0 Å². The van der Waals surface area contributed by atoms with E-state index >= 15 is 0 Å². The molecule has 2 bridgehead atoms. The first kappa shape index (κ1) is 14.4. The summed E-state index contributed by atoms with van der Waals surface area (Å²) in [4.78, 5) is 0.614. The minimum absolute atomic E-state index is 0.368. The molecule has 2 aliphatic carbocycles. The summed E-state index contributed by atoms with van der Waals surface area (Å²) >= 11 is 13.2. The Balaban J connectivity index is 1.74. The smallest absolute Gasteiger partial charge is 0.0826 e. The monoisotopic (exact) mass is 416 g/mol. The second-order valence-corrected chi connectivity index (χ2v) is 13.1. The first-order valence-electron chi connectivity index (χ1n) is 7.57. The number of alkyl halides is 1. The summed E-state index contributed by atoms with van der Waals surface area (Å²) in [6.07, 6.45) is 1.38. The molecule has 2 saturated heterocycles. The second kappa shape index (κ2) is 5.05. The minimum Gasteiger partial charge on any atom is -0.141 e. The molecule has 0 nitrogen and oxygen atoms in total. The van der Waals surface area contributed by atoms with E-state index in [4.69, 9.17) is 0 Å². The lowest BCUT2D eigenvalue weighted by Gasteiger charge is -2.52. The van der Waals surface area contributed by atoms with Crippen LogP contribution in [0.5, 0.6) is 0 Å². The number of rotatable bonds is 0. The molecule has 1 aromatic rings. The third-order valence-electron chi connectivity index (χ3n) is 5.37. The standard InChI is InChI=1S/C16H17BrS4/c17-14-15(18-5-6-19-15)12-9-13(16(14)20-7-8-21-16)11-4-2-1-3-10(11)12/h1-4,12-14H,5-9H2/t12-,13-/m0/s1. The van der Waals surface area contributed by atoms with Crippen molar-refractivity contribution < 1.29 is 0 Å². The topological polar surface area (TPSA) is 0 Å². The number of hydrogen-bond donors (Lipinski definition) is 0. The van der Waals surface area contributed by atoms with E-state index in [9.17, 15) is 0 Å². The molecule has 0 radical (unpaired) electrons. The Kier molecular flexibility index (Phi) is 3.47. The molecule has 0 N–H and O–H groups in total. The van der Waals surface area contributed by atoms with Gasteiger partial charge in [-0.05, 0) is 17.5 Å². The molecule has 112 valence electrons. The molecule has 0 aromatic heterocycles.